The van der Waals surface area contributed by atoms with Crippen LogP contribution in [0.2, 0.25) is 0 Å². The molecule has 0 heterocycles. The molecule has 0 fully saturated rings. The van der Waals surface area contributed by atoms with E-state index in [1.807, 2.05) is 13.8 Å². The molecule has 0 radical (unpaired) electrons. The molecular weight excluding hydrogens is 323 g/mol. The van der Waals surface area contributed by atoms with E-state index in [1.54, 1.807) is 0 Å². The number of rotatable bonds is 16. The fourth-order valence-corrected chi connectivity index (χ4v) is 4.05. The van der Waals surface area contributed by atoms with Gasteiger partial charge in [0, 0.05) is 0 Å². The minimum atomic E-state index is -3.47. The van der Waals surface area contributed by atoms with Gasteiger partial charge in [0.15, 0.2) is 0 Å². The van der Waals surface area contributed by atoms with Gasteiger partial charge in [-0.1, -0.05) is 66.2 Å². The molecular formula is C19H41O4P. The molecule has 0 aromatic heterocycles. The molecule has 0 aromatic carbocycles. The second-order valence-corrected chi connectivity index (χ2v) is 8.65. The van der Waals surface area contributed by atoms with Crippen molar-refractivity contribution in [2.75, 3.05) is 13.2 Å². The van der Waals surface area contributed by atoms with Gasteiger partial charge in [-0.15, -0.1) is 0 Å². The van der Waals surface area contributed by atoms with Crippen molar-refractivity contribution in [1.29, 1.82) is 0 Å². The van der Waals surface area contributed by atoms with E-state index in [1.165, 1.54) is 25.7 Å². The monoisotopic (exact) mass is 364 g/mol. The smallest absolute Gasteiger partial charge is 0.287 e. The van der Waals surface area contributed by atoms with Crippen molar-refractivity contribution in [3.8, 4) is 0 Å². The van der Waals surface area contributed by atoms with Crippen LogP contribution in [0.5, 0.6) is 0 Å². The summed E-state index contributed by atoms with van der Waals surface area (Å²) in [5, 5.41) is 0. The van der Waals surface area contributed by atoms with Crippen LogP contribution in [-0.2, 0) is 18.1 Å². The van der Waals surface area contributed by atoms with Gasteiger partial charge in [0.05, 0.1) is 19.3 Å². The Hall–Kier alpha value is 0.110. The lowest BCUT2D eigenvalue weighted by molar-refractivity contribution is 0.0676. The summed E-state index contributed by atoms with van der Waals surface area (Å²) in [6, 6.07) is 0. The van der Waals surface area contributed by atoms with E-state index >= 15 is 0 Å². The van der Waals surface area contributed by atoms with Crippen LogP contribution in [0.3, 0.4) is 0 Å². The van der Waals surface area contributed by atoms with E-state index in [-0.39, 0.29) is 6.10 Å². The van der Waals surface area contributed by atoms with Gasteiger partial charge in [-0.25, -0.2) is 4.57 Å². The Balaban J connectivity index is 4.60. The first-order chi connectivity index (χ1) is 11.4. The highest BCUT2D eigenvalue weighted by molar-refractivity contribution is 7.48. The van der Waals surface area contributed by atoms with E-state index < -0.39 is 7.82 Å². The van der Waals surface area contributed by atoms with Crippen molar-refractivity contribution >= 4 is 7.82 Å². The van der Waals surface area contributed by atoms with Gasteiger partial charge in [0.25, 0.3) is 0 Å². The molecule has 146 valence electrons. The van der Waals surface area contributed by atoms with Crippen LogP contribution >= 0.6 is 7.82 Å². The Morgan fingerprint density at radius 3 is 1.50 bits per heavy atom. The van der Waals surface area contributed by atoms with Crippen LogP contribution in [0, 0.1) is 11.8 Å². The van der Waals surface area contributed by atoms with Gasteiger partial charge in [0.2, 0.25) is 0 Å². The minimum Gasteiger partial charge on any atom is -0.287 e. The third-order valence-electron chi connectivity index (χ3n) is 4.36. The lowest BCUT2D eigenvalue weighted by Gasteiger charge is -2.24. The van der Waals surface area contributed by atoms with Crippen LogP contribution < -0.4 is 0 Å². The highest BCUT2D eigenvalue weighted by Crippen LogP contribution is 2.51. The van der Waals surface area contributed by atoms with Gasteiger partial charge in [-0.05, 0) is 38.5 Å². The largest absolute Gasteiger partial charge is 0.475 e. The Bertz CT molecular complexity index is 309. The standard InChI is InChI=1S/C19H41O4P/c1-7-11-13-18(9-3)15-21-24(20,23-17(5)6)22-16-19(10-4)14-12-8-2/h17-19H,7-16H2,1-6H3. The maximum Gasteiger partial charge on any atom is 0.475 e. The van der Waals surface area contributed by atoms with E-state index in [4.69, 9.17) is 13.6 Å². The predicted molar refractivity (Wildman–Crippen MR) is 102 cm³/mol. The fraction of sp³-hybridized carbons (Fsp3) is 1.00. The molecule has 5 heteroatoms. The summed E-state index contributed by atoms with van der Waals surface area (Å²) in [7, 11) is -3.47. The maximum absolute atomic E-state index is 12.9. The molecule has 0 saturated heterocycles. The Morgan fingerprint density at radius 2 is 1.21 bits per heavy atom. The summed E-state index contributed by atoms with van der Waals surface area (Å²) in [6.07, 6.45) is 8.75. The van der Waals surface area contributed by atoms with E-state index in [0.717, 1.165) is 25.7 Å². The summed E-state index contributed by atoms with van der Waals surface area (Å²) in [5.74, 6) is 0.833. The summed E-state index contributed by atoms with van der Waals surface area (Å²) in [5.41, 5.74) is 0. The van der Waals surface area contributed by atoms with Gasteiger partial charge in [0.1, 0.15) is 0 Å². The molecule has 0 aliphatic carbocycles. The topological polar surface area (TPSA) is 44.8 Å². The van der Waals surface area contributed by atoms with E-state index in [0.29, 0.717) is 25.0 Å². The van der Waals surface area contributed by atoms with Crippen molar-refractivity contribution in [2.45, 2.75) is 99.0 Å². The molecule has 0 spiro atoms. The maximum atomic E-state index is 12.9. The zero-order chi connectivity index (χ0) is 18.4. The first kappa shape index (κ1) is 24.1. The fourth-order valence-electron chi connectivity index (χ4n) is 2.55. The predicted octanol–water partition coefficient (Wildman–Crippen LogP) is 6.99. The highest BCUT2D eigenvalue weighted by Gasteiger charge is 2.30. The van der Waals surface area contributed by atoms with Gasteiger partial charge >= 0.3 is 7.82 Å². The lowest BCUT2D eigenvalue weighted by Crippen LogP contribution is -2.15. The highest BCUT2D eigenvalue weighted by atomic mass is 31.2. The van der Waals surface area contributed by atoms with Gasteiger partial charge in [-0.2, -0.15) is 0 Å². The van der Waals surface area contributed by atoms with Crippen molar-refractivity contribution in [2.24, 2.45) is 11.8 Å². The van der Waals surface area contributed by atoms with Crippen LogP contribution in [0.1, 0.15) is 92.9 Å². The van der Waals surface area contributed by atoms with Crippen LogP contribution in [0.25, 0.3) is 0 Å². The molecule has 4 nitrogen and oxygen atoms in total. The second kappa shape index (κ2) is 14.3. The van der Waals surface area contributed by atoms with E-state index in [9.17, 15) is 4.57 Å². The Labute approximate surface area is 150 Å². The molecule has 24 heavy (non-hydrogen) atoms. The molecule has 2 unspecified atom stereocenters. The first-order valence-electron chi connectivity index (χ1n) is 9.98. The number of hydrogen-bond donors (Lipinski definition) is 0. The van der Waals surface area contributed by atoms with Crippen molar-refractivity contribution in [3.05, 3.63) is 0 Å². The molecule has 2 atom stereocenters. The number of hydrogen-bond acceptors (Lipinski definition) is 4. The Morgan fingerprint density at radius 1 is 0.792 bits per heavy atom. The first-order valence-corrected chi connectivity index (χ1v) is 11.4. The van der Waals surface area contributed by atoms with Crippen LogP contribution in [-0.4, -0.2) is 19.3 Å². The summed E-state index contributed by atoms with van der Waals surface area (Å²) < 4.78 is 29.9. The third kappa shape index (κ3) is 11.6. The zero-order valence-corrected chi connectivity index (χ0v) is 17.8. The SMILES string of the molecule is CCCCC(CC)COP(=O)(OCC(CC)CCCC)OC(C)C. The molecule has 0 aliphatic heterocycles. The second-order valence-electron chi connectivity index (χ2n) is 7.03. The van der Waals surface area contributed by atoms with Gasteiger partial charge in [-0.3, -0.25) is 13.6 Å². The van der Waals surface area contributed by atoms with Crippen molar-refractivity contribution in [1.82, 2.24) is 0 Å². The van der Waals surface area contributed by atoms with E-state index in [2.05, 4.69) is 27.7 Å². The summed E-state index contributed by atoms with van der Waals surface area (Å²) in [6.45, 7) is 13.3. The summed E-state index contributed by atoms with van der Waals surface area (Å²) in [4.78, 5) is 0. The summed E-state index contributed by atoms with van der Waals surface area (Å²) >= 11 is 0. The Kier molecular flexibility index (Phi) is 14.4. The number of phosphoric ester groups is 1. The average Bonchev–Trinajstić information content (AvgIpc) is 2.54. The van der Waals surface area contributed by atoms with Gasteiger partial charge < -0.3 is 0 Å². The zero-order valence-electron chi connectivity index (χ0n) is 16.9. The average molecular weight is 365 g/mol. The molecule has 0 bridgehead atoms. The van der Waals surface area contributed by atoms with Crippen LogP contribution in [0.4, 0.5) is 0 Å². The molecule has 0 aliphatic rings. The number of phosphoric acid groups is 1. The molecule has 0 rings (SSSR count). The van der Waals surface area contributed by atoms with Crippen molar-refractivity contribution < 1.29 is 18.1 Å². The minimum absolute atomic E-state index is 0.178. The molecule has 0 aromatic rings. The quantitative estimate of drug-likeness (QED) is 0.277. The third-order valence-corrected chi connectivity index (χ3v) is 5.97. The lowest BCUT2D eigenvalue weighted by atomic mass is 10.0. The normalized spacial score (nSPS) is 17.0. The molecule has 0 saturated carbocycles. The van der Waals surface area contributed by atoms with Crippen molar-refractivity contribution in [3.63, 3.8) is 0 Å². The molecule has 0 N–H and O–H groups in total. The number of unbranched alkanes of at least 4 members (excludes halogenated alkanes) is 2. The molecule has 0 amide bonds. The van der Waals surface area contributed by atoms with Crippen LogP contribution in [0.15, 0.2) is 0 Å².